The first-order valence-electron chi connectivity index (χ1n) is 9.19. The maximum atomic E-state index is 6.35. The summed E-state index contributed by atoms with van der Waals surface area (Å²) in [6, 6.07) is 11.3. The zero-order valence-electron chi connectivity index (χ0n) is 13.7. The van der Waals surface area contributed by atoms with Crippen LogP contribution in [0.2, 0.25) is 0 Å². The van der Waals surface area contributed by atoms with E-state index in [1.54, 1.807) is 5.57 Å². The van der Waals surface area contributed by atoms with Crippen LogP contribution in [0, 0.1) is 29.6 Å². The summed E-state index contributed by atoms with van der Waals surface area (Å²) in [5.41, 5.74) is 9.29. The molecule has 1 aromatic carbocycles. The summed E-state index contributed by atoms with van der Waals surface area (Å²) in [4.78, 5) is 0. The monoisotopic (exact) mass is 295 g/mol. The molecule has 0 aromatic heterocycles. The molecule has 3 aliphatic carbocycles. The van der Waals surface area contributed by atoms with Crippen LogP contribution in [0.3, 0.4) is 0 Å². The Morgan fingerprint density at radius 3 is 2.45 bits per heavy atom. The zero-order valence-corrected chi connectivity index (χ0v) is 13.7. The molecule has 4 rings (SSSR count). The highest BCUT2D eigenvalue weighted by Gasteiger charge is 2.44. The lowest BCUT2D eigenvalue weighted by molar-refractivity contribution is 0.208. The molecule has 1 nitrogen and oxygen atoms in total. The van der Waals surface area contributed by atoms with Crippen LogP contribution in [0.5, 0.6) is 0 Å². The smallest absolute Gasteiger partial charge is 0.00958 e. The molecule has 0 amide bonds. The minimum absolute atomic E-state index is 0.533. The van der Waals surface area contributed by atoms with Crippen LogP contribution in [0.1, 0.15) is 51.0 Å². The lowest BCUT2D eigenvalue weighted by Gasteiger charge is -2.33. The van der Waals surface area contributed by atoms with Crippen LogP contribution >= 0.6 is 0 Å². The minimum Gasteiger partial charge on any atom is -0.327 e. The first kappa shape index (κ1) is 14.5. The first-order valence-corrected chi connectivity index (χ1v) is 9.19. The molecular weight excluding hydrogens is 266 g/mol. The molecule has 3 saturated carbocycles. The van der Waals surface area contributed by atoms with Gasteiger partial charge >= 0.3 is 0 Å². The van der Waals surface area contributed by atoms with E-state index in [-0.39, 0.29) is 0 Å². The van der Waals surface area contributed by atoms with Crippen molar-refractivity contribution in [1.29, 1.82) is 0 Å². The van der Waals surface area contributed by atoms with E-state index in [9.17, 15) is 0 Å². The van der Waals surface area contributed by atoms with Crippen molar-refractivity contribution in [3.05, 3.63) is 41.5 Å². The van der Waals surface area contributed by atoms with Gasteiger partial charge in [-0.25, -0.2) is 0 Å². The Labute approximate surface area is 135 Å². The van der Waals surface area contributed by atoms with E-state index in [0.29, 0.717) is 6.04 Å². The molecule has 118 valence electrons. The maximum Gasteiger partial charge on any atom is 0.00958 e. The third kappa shape index (κ3) is 2.88. The third-order valence-electron chi connectivity index (χ3n) is 6.61. The van der Waals surface area contributed by atoms with Crippen molar-refractivity contribution < 1.29 is 0 Å². The van der Waals surface area contributed by atoms with Gasteiger partial charge in [0.15, 0.2) is 0 Å². The Morgan fingerprint density at radius 2 is 1.77 bits per heavy atom. The Hall–Kier alpha value is -1.08. The number of nitrogens with two attached hydrogens (primary N) is 1. The summed E-state index contributed by atoms with van der Waals surface area (Å²) >= 11 is 0. The molecule has 2 N–H and O–H groups in total. The summed E-state index contributed by atoms with van der Waals surface area (Å²) in [6.07, 6.45) is 10.9. The second kappa shape index (κ2) is 5.85. The Morgan fingerprint density at radius 1 is 1.09 bits per heavy atom. The van der Waals surface area contributed by atoms with Crippen molar-refractivity contribution in [2.24, 2.45) is 35.3 Å². The number of hydrogen-bond donors (Lipinski definition) is 1. The van der Waals surface area contributed by atoms with Gasteiger partial charge in [-0.3, -0.25) is 0 Å². The van der Waals surface area contributed by atoms with E-state index in [2.05, 4.69) is 43.3 Å². The summed E-state index contributed by atoms with van der Waals surface area (Å²) in [5, 5.41) is 0. The highest BCUT2D eigenvalue weighted by atomic mass is 14.7. The highest BCUT2D eigenvalue weighted by molar-refractivity contribution is 5.53. The van der Waals surface area contributed by atoms with Crippen molar-refractivity contribution in [3.8, 4) is 0 Å². The van der Waals surface area contributed by atoms with Gasteiger partial charge in [0.1, 0.15) is 0 Å². The standard InChI is InChI=1S/C21H29N/c1-14(9-15-5-3-2-4-6-15)20-13-19(20)12-16-10-17-7-8-18(11-16)21(17)22/h2-6,9,16-21H,7-8,10-13,22H2,1H3/b14-9+. The Kier molecular flexibility index (Phi) is 3.86. The van der Waals surface area contributed by atoms with Crippen LogP contribution in [0.25, 0.3) is 6.08 Å². The van der Waals surface area contributed by atoms with Gasteiger partial charge in [-0.15, -0.1) is 0 Å². The molecular formula is C21H29N. The SMILES string of the molecule is C/C(=C\c1ccccc1)C1CC1CC1CC2CCC(C1)C2N. The summed E-state index contributed by atoms with van der Waals surface area (Å²) in [5.74, 6) is 4.48. The Balaban J connectivity index is 1.32. The normalized spacial score (nSPS) is 40.7. The number of hydrogen-bond acceptors (Lipinski definition) is 1. The van der Waals surface area contributed by atoms with E-state index >= 15 is 0 Å². The number of allylic oxidation sites excluding steroid dienone is 1. The van der Waals surface area contributed by atoms with Crippen LogP contribution in [0.4, 0.5) is 0 Å². The zero-order chi connectivity index (χ0) is 15.1. The predicted molar refractivity (Wildman–Crippen MR) is 93.2 cm³/mol. The van der Waals surface area contributed by atoms with Gasteiger partial charge in [0.05, 0.1) is 0 Å². The molecule has 0 radical (unpaired) electrons. The van der Waals surface area contributed by atoms with Gasteiger partial charge in [-0.2, -0.15) is 0 Å². The van der Waals surface area contributed by atoms with Crippen LogP contribution in [-0.2, 0) is 0 Å². The lowest BCUT2D eigenvalue weighted by atomic mass is 9.75. The quantitative estimate of drug-likeness (QED) is 0.841. The van der Waals surface area contributed by atoms with Gasteiger partial charge < -0.3 is 5.73 Å². The van der Waals surface area contributed by atoms with E-state index in [1.165, 1.54) is 44.1 Å². The van der Waals surface area contributed by atoms with Crippen molar-refractivity contribution in [1.82, 2.24) is 0 Å². The van der Waals surface area contributed by atoms with Crippen molar-refractivity contribution >= 4 is 6.08 Å². The third-order valence-corrected chi connectivity index (χ3v) is 6.61. The fourth-order valence-electron chi connectivity index (χ4n) is 5.31. The van der Waals surface area contributed by atoms with Gasteiger partial charge in [0.25, 0.3) is 0 Å². The second-order valence-electron chi connectivity index (χ2n) is 8.15. The van der Waals surface area contributed by atoms with E-state index in [0.717, 1.165) is 29.6 Å². The van der Waals surface area contributed by atoms with Crippen molar-refractivity contribution in [2.45, 2.75) is 51.5 Å². The summed E-state index contributed by atoms with van der Waals surface area (Å²) in [7, 11) is 0. The molecule has 3 aliphatic rings. The minimum atomic E-state index is 0.533. The van der Waals surface area contributed by atoms with Gasteiger partial charge in [-0.05, 0) is 80.6 Å². The van der Waals surface area contributed by atoms with E-state index in [1.807, 2.05) is 0 Å². The molecule has 0 aliphatic heterocycles. The van der Waals surface area contributed by atoms with Gasteiger partial charge in [0.2, 0.25) is 0 Å². The fourth-order valence-corrected chi connectivity index (χ4v) is 5.31. The van der Waals surface area contributed by atoms with Crippen LogP contribution in [-0.4, -0.2) is 6.04 Å². The van der Waals surface area contributed by atoms with Crippen LogP contribution < -0.4 is 5.73 Å². The highest BCUT2D eigenvalue weighted by Crippen LogP contribution is 2.52. The molecule has 3 fully saturated rings. The number of rotatable bonds is 4. The molecule has 4 unspecified atom stereocenters. The predicted octanol–water partition coefficient (Wildman–Crippen LogP) is 4.88. The average molecular weight is 295 g/mol. The maximum absolute atomic E-state index is 6.35. The number of benzene rings is 1. The average Bonchev–Trinajstić information content (AvgIpc) is 3.25. The number of fused-ring (bicyclic) bond motifs is 2. The largest absolute Gasteiger partial charge is 0.327 e. The van der Waals surface area contributed by atoms with E-state index in [4.69, 9.17) is 5.73 Å². The molecule has 0 saturated heterocycles. The first-order chi connectivity index (χ1) is 10.7. The molecule has 0 spiro atoms. The summed E-state index contributed by atoms with van der Waals surface area (Å²) in [6.45, 7) is 2.33. The Bertz CT molecular complexity index is 532. The topological polar surface area (TPSA) is 26.0 Å². The molecule has 0 heterocycles. The fraction of sp³-hybridized carbons (Fsp3) is 0.619. The molecule has 1 heteroatoms. The van der Waals surface area contributed by atoms with Gasteiger partial charge in [0, 0.05) is 6.04 Å². The summed E-state index contributed by atoms with van der Waals surface area (Å²) < 4.78 is 0. The van der Waals surface area contributed by atoms with Crippen molar-refractivity contribution in [2.75, 3.05) is 0 Å². The molecule has 2 bridgehead atoms. The van der Waals surface area contributed by atoms with Crippen LogP contribution in [0.15, 0.2) is 35.9 Å². The molecule has 1 aromatic rings. The lowest BCUT2D eigenvalue weighted by Crippen LogP contribution is -2.37. The van der Waals surface area contributed by atoms with Gasteiger partial charge in [-0.1, -0.05) is 42.0 Å². The molecule has 4 atom stereocenters. The molecule has 22 heavy (non-hydrogen) atoms. The van der Waals surface area contributed by atoms with Crippen molar-refractivity contribution in [3.63, 3.8) is 0 Å². The van der Waals surface area contributed by atoms with E-state index < -0.39 is 0 Å². The second-order valence-corrected chi connectivity index (χ2v) is 8.15.